The minimum Gasteiger partial charge on any atom is -0.486 e. The summed E-state index contributed by atoms with van der Waals surface area (Å²) in [5.41, 5.74) is 3.20. The molecule has 0 spiro atoms. The molecular formula is C18H17ClN4O3. The van der Waals surface area contributed by atoms with Gasteiger partial charge in [-0.25, -0.2) is 4.98 Å². The van der Waals surface area contributed by atoms with Gasteiger partial charge in [-0.2, -0.15) is 5.10 Å². The smallest absolute Gasteiger partial charge is 0.230 e. The van der Waals surface area contributed by atoms with Crippen LogP contribution in [-0.4, -0.2) is 34.3 Å². The summed E-state index contributed by atoms with van der Waals surface area (Å²) in [5, 5.41) is 11.1. The summed E-state index contributed by atoms with van der Waals surface area (Å²) in [6, 6.07) is 5.37. The lowest BCUT2D eigenvalue weighted by atomic mass is 10.1. The zero-order chi connectivity index (χ0) is 18.3. The number of H-pyrrole nitrogens is 1. The highest BCUT2D eigenvalue weighted by atomic mass is 35.5. The summed E-state index contributed by atoms with van der Waals surface area (Å²) in [7, 11) is 0. The van der Waals surface area contributed by atoms with Gasteiger partial charge in [0.05, 0.1) is 11.8 Å². The van der Waals surface area contributed by atoms with Crippen LogP contribution in [0.4, 0.5) is 5.82 Å². The van der Waals surface area contributed by atoms with Crippen LogP contribution >= 0.6 is 11.6 Å². The number of carbonyl (C=O) groups excluding carboxylic acids is 1. The lowest BCUT2D eigenvalue weighted by molar-refractivity contribution is -0.115. The van der Waals surface area contributed by atoms with Crippen molar-refractivity contribution < 1.29 is 14.3 Å². The molecule has 3 heterocycles. The number of nitrogens with one attached hydrogen (secondary N) is 2. The van der Waals surface area contributed by atoms with E-state index < -0.39 is 0 Å². The van der Waals surface area contributed by atoms with Crippen LogP contribution in [0, 0.1) is 13.8 Å². The van der Waals surface area contributed by atoms with Gasteiger partial charge in [0.1, 0.15) is 13.2 Å². The molecule has 8 heteroatoms. The van der Waals surface area contributed by atoms with Gasteiger partial charge in [-0.3, -0.25) is 9.89 Å². The fourth-order valence-electron chi connectivity index (χ4n) is 3.06. The van der Waals surface area contributed by atoms with Crippen molar-refractivity contribution in [1.29, 1.82) is 0 Å². The fraction of sp³-hybridized carbons (Fsp3) is 0.278. The van der Waals surface area contributed by atoms with Crippen LogP contribution in [0.2, 0.25) is 5.02 Å². The average molecular weight is 373 g/mol. The predicted octanol–water partition coefficient (Wildman–Crippen LogP) is 3.18. The minimum absolute atomic E-state index is 0.0994. The van der Waals surface area contributed by atoms with Crippen molar-refractivity contribution >= 4 is 34.4 Å². The lowest BCUT2D eigenvalue weighted by Gasteiger charge is -2.19. The Kier molecular flexibility index (Phi) is 4.16. The third-order valence-electron chi connectivity index (χ3n) is 4.18. The van der Waals surface area contributed by atoms with Gasteiger partial charge in [0.2, 0.25) is 5.91 Å². The van der Waals surface area contributed by atoms with Gasteiger partial charge in [0, 0.05) is 16.8 Å². The highest BCUT2D eigenvalue weighted by Gasteiger charge is 2.18. The number of ether oxygens (including phenoxy) is 2. The Hall–Kier alpha value is -2.80. The van der Waals surface area contributed by atoms with Gasteiger partial charge in [-0.05, 0) is 37.1 Å². The maximum absolute atomic E-state index is 12.5. The van der Waals surface area contributed by atoms with Crippen LogP contribution in [0.3, 0.4) is 0 Å². The molecule has 0 fully saturated rings. The van der Waals surface area contributed by atoms with Crippen molar-refractivity contribution in [1.82, 2.24) is 15.2 Å². The zero-order valence-electron chi connectivity index (χ0n) is 14.4. The largest absolute Gasteiger partial charge is 0.486 e. The number of benzene rings is 1. The first kappa shape index (κ1) is 16.7. The highest BCUT2D eigenvalue weighted by molar-refractivity contribution is 6.31. The summed E-state index contributed by atoms with van der Waals surface area (Å²) in [4.78, 5) is 16.9. The number of hydrogen-bond donors (Lipinski definition) is 2. The topological polar surface area (TPSA) is 89.1 Å². The molecule has 1 amide bonds. The molecule has 2 N–H and O–H groups in total. The first-order valence-electron chi connectivity index (χ1n) is 8.21. The van der Waals surface area contributed by atoms with E-state index in [4.69, 9.17) is 21.1 Å². The third kappa shape index (κ3) is 3.06. The van der Waals surface area contributed by atoms with Crippen molar-refractivity contribution in [2.45, 2.75) is 20.3 Å². The predicted molar refractivity (Wildman–Crippen MR) is 98.1 cm³/mol. The number of amides is 1. The Labute approximate surface area is 154 Å². The molecular weight excluding hydrogens is 356 g/mol. The number of aryl methyl sites for hydroxylation is 2. The summed E-state index contributed by atoms with van der Waals surface area (Å²) in [6.07, 6.45) is 0.0994. The quantitative estimate of drug-likeness (QED) is 0.737. The maximum Gasteiger partial charge on any atom is 0.230 e. The second-order valence-corrected chi connectivity index (χ2v) is 6.60. The molecule has 1 aliphatic heterocycles. The second kappa shape index (κ2) is 6.49. The van der Waals surface area contributed by atoms with Crippen LogP contribution in [0.5, 0.6) is 11.5 Å². The third-order valence-corrected chi connectivity index (χ3v) is 4.53. The molecule has 1 aromatic carbocycles. The Morgan fingerprint density at radius 1 is 1.23 bits per heavy atom. The standard InChI is InChI=1S/C18H17ClN4O3/c1-9-5-10(2)20-17-16(9)18(23-22-17)21-15(24)7-11-6-13-14(8-12(11)19)26-4-3-25-13/h5-6,8H,3-4,7H2,1-2H3,(H2,20,21,22,23,24). The maximum atomic E-state index is 12.5. The number of aromatic nitrogens is 3. The second-order valence-electron chi connectivity index (χ2n) is 6.19. The first-order chi connectivity index (χ1) is 12.5. The van der Waals surface area contributed by atoms with Crippen LogP contribution < -0.4 is 14.8 Å². The van der Waals surface area contributed by atoms with Crippen LogP contribution in [0.15, 0.2) is 18.2 Å². The number of aromatic amines is 1. The number of pyridine rings is 1. The van der Waals surface area contributed by atoms with Crippen molar-refractivity contribution in [2.75, 3.05) is 18.5 Å². The van der Waals surface area contributed by atoms with Gasteiger partial charge in [0.15, 0.2) is 23.0 Å². The van der Waals surface area contributed by atoms with Gasteiger partial charge in [-0.1, -0.05) is 11.6 Å². The average Bonchev–Trinajstić information content (AvgIpc) is 2.98. The molecule has 26 heavy (non-hydrogen) atoms. The van der Waals surface area contributed by atoms with Gasteiger partial charge < -0.3 is 14.8 Å². The molecule has 0 saturated carbocycles. The van der Waals surface area contributed by atoms with Gasteiger partial charge in [0.25, 0.3) is 0 Å². The minimum atomic E-state index is -0.225. The molecule has 134 valence electrons. The number of carbonyl (C=O) groups is 1. The van der Waals surface area contributed by atoms with Crippen LogP contribution in [0.1, 0.15) is 16.8 Å². The zero-order valence-corrected chi connectivity index (χ0v) is 15.1. The molecule has 2 aromatic heterocycles. The summed E-state index contributed by atoms with van der Waals surface area (Å²) in [5.74, 6) is 1.44. The van der Waals surface area contributed by atoms with Gasteiger partial charge >= 0.3 is 0 Å². The van der Waals surface area contributed by atoms with E-state index in [1.807, 2.05) is 19.9 Å². The van der Waals surface area contributed by atoms with Gasteiger partial charge in [-0.15, -0.1) is 0 Å². The number of nitrogens with zero attached hydrogens (tertiary/aromatic N) is 2. The van der Waals surface area contributed by atoms with Crippen molar-refractivity contribution in [3.8, 4) is 11.5 Å². The van der Waals surface area contributed by atoms with E-state index in [-0.39, 0.29) is 12.3 Å². The van der Waals surface area contributed by atoms with Crippen molar-refractivity contribution in [3.05, 3.63) is 40.0 Å². The number of halogens is 1. The van der Waals surface area contributed by atoms with Crippen molar-refractivity contribution in [3.63, 3.8) is 0 Å². The Bertz CT molecular complexity index is 1020. The molecule has 0 aliphatic carbocycles. The monoisotopic (exact) mass is 372 g/mol. The molecule has 0 unspecified atom stereocenters. The molecule has 1 aliphatic rings. The van der Waals surface area contributed by atoms with Crippen molar-refractivity contribution in [2.24, 2.45) is 0 Å². The summed E-state index contributed by atoms with van der Waals surface area (Å²) < 4.78 is 11.0. The van der Waals surface area contributed by atoms with E-state index in [0.29, 0.717) is 46.8 Å². The Morgan fingerprint density at radius 3 is 2.73 bits per heavy atom. The number of rotatable bonds is 3. The SMILES string of the molecule is Cc1cc(C)c2c(NC(=O)Cc3cc4c(cc3Cl)OCCO4)n[nH]c2n1. The molecule has 0 saturated heterocycles. The van der Waals surface area contributed by atoms with E-state index in [0.717, 1.165) is 16.6 Å². The highest BCUT2D eigenvalue weighted by Crippen LogP contribution is 2.35. The normalized spacial score (nSPS) is 13.0. The lowest BCUT2D eigenvalue weighted by Crippen LogP contribution is -2.17. The fourth-order valence-corrected chi connectivity index (χ4v) is 3.28. The molecule has 0 atom stereocenters. The van der Waals surface area contributed by atoms with Crippen LogP contribution in [-0.2, 0) is 11.2 Å². The molecule has 7 nitrogen and oxygen atoms in total. The number of anilines is 1. The molecule has 3 aromatic rings. The van der Waals surface area contributed by atoms with E-state index in [9.17, 15) is 4.79 Å². The Balaban J connectivity index is 1.57. The van der Waals surface area contributed by atoms with E-state index in [1.165, 1.54) is 0 Å². The van der Waals surface area contributed by atoms with E-state index in [2.05, 4.69) is 20.5 Å². The first-order valence-corrected chi connectivity index (χ1v) is 8.59. The number of hydrogen-bond acceptors (Lipinski definition) is 5. The molecule has 0 radical (unpaired) electrons. The van der Waals surface area contributed by atoms with E-state index >= 15 is 0 Å². The Morgan fingerprint density at radius 2 is 1.96 bits per heavy atom. The van der Waals surface area contributed by atoms with E-state index in [1.54, 1.807) is 12.1 Å². The number of fused-ring (bicyclic) bond motifs is 2. The summed E-state index contributed by atoms with van der Waals surface area (Å²) in [6.45, 7) is 4.84. The molecule has 4 rings (SSSR count). The molecule has 0 bridgehead atoms. The summed E-state index contributed by atoms with van der Waals surface area (Å²) >= 11 is 6.28. The van der Waals surface area contributed by atoms with Crippen LogP contribution in [0.25, 0.3) is 11.0 Å².